The molecule has 0 saturated heterocycles. The van der Waals surface area contributed by atoms with Gasteiger partial charge in [0.05, 0.1) is 11.6 Å². The van der Waals surface area contributed by atoms with Crippen LogP contribution in [0.4, 0.5) is 5.69 Å². The molecule has 2 aliphatic heterocycles. The number of hydrogen-bond donors (Lipinski definition) is 1. The Labute approximate surface area is 149 Å². The molecule has 2 atom stereocenters. The third kappa shape index (κ3) is 2.44. The van der Waals surface area contributed by atoms with Crippen LogP contribution in [0.2, 0.25) is 0 Å². The van der Waals surface area contributed by atoms with E-state index in [4.69, 9.17) is 14.2 Å². The molecule has 0 saturated carbocycles. The third-order valence-corrected chi connectivity index (χ3v) is 4.52. The summed E-state index contributed by atoms with van der Waals surface area (Å²) in [5.41, 5.74) is 1.79. The van der Waals surface area contributed by atoms with Crippen molar-refractivity contribution < 1.29 is 28.9 Å². The maximum absolute atomic E-state index is 13.2. The van der Waals surface area contributed by atoms with Crippen molar-refractivity contribution in [2.75, 3.05) is 11.7 Å². The van der Waals surface area contributed by atoms with Gasteiger partial charge in [0, 0.05) is 18.6 Å². The van der Waals surface area contributed by atoms with E-state index in [2.05, 4.69) is 0 Å². The first-order chi connectivity index (χ1) is 12.5. The predicted octanol–water partition coefficient (Wildman–Crippen LogP) is 2.51. The van der Waals surface area contributed by atoms with E-state index in [1.807, 2.05) is 18.2 Å². The molecule has 2 aromatic carbocycles. The highest BCUT2D eigenvalue weighted by Gasteiger charge is 2.42. The Morgan fingerprint density at radius 2 is 1.92 bits per heavy atom. The van der Waals surface area contributed by atoms with E-state index < -0.39 is 18.1 Å². The minimum Gasteiger partial charge on any atom is -0.507 e. The van der Waals surface area contributed by atoms with Crippen LogP contribution in [0.5, 0.6) is 17.2 Å². The molecule has 26 heavy (non-hydrogen) atoms. The van der Waals surface area contributed by atoms with Crippen LogP contribution in [-0.4, -0.2) is 30.0 Å². The second-order valence-corrected chi connectivity index (χ2v) is 6.17. The predicted molar refractivity (Wildman–Crippen MR) is 91.2 cm³/mol. The number of amides is 1. The summed E-state index contributed by atoms with van der Waals surface area (Å²) < 4.78 is 15.8. The lowest BCUT2D eigenvalue weighted by molar-refractivity contribution is -0.146. The van der Waals surface area contributed by atoms with Gasteiger partial charge in [0.25, 0.3) is 0 Å². The lowest BCUT2D eigenvalue weighted by Crippen LogP contribution is -2.39. The minimum atomic E-state index is -0.762. The quantitative estimate of drug-likeness (QED) is 0.852. The van der Waals surface area contributed by atoms with Crippen LogP contribution in [-0.2, 0) is 14.3 Å². The molecular formula is C19H17NO6. The van der Waals surface area contributed by atoms with E-state index in [0.717, 1.165) is 5.56 Å². The summed E-state index contributed by atoms with van der Waals surface area (Å²) in [6, 6.07) is 10.3. The van der Waals surface area contributed by atoms with Gasteiger partial charge in [0.1, 0.15) is 5.75 Å². The van der Waals surface area contributed by atoms with Gasteiger partial charge in [-0.3, -0.25) is 14.5 Å². The van der Waals surface area contributed by atoms with Crippen molar-refractivity contribution in [2.45, 2.75) is 26.0 Å². The number of carbonyl (C=O) groups excluding carboxylic acids is 2. The minimum absolute atomic E-state index is 0.0515. The number of hydrogen-bond acceptors (Lipinski definition) is 6. The topological polar surface area (TPSA) is 85.3 Å². The lowest BCUT2D eigenvalue weighted by atomic mass is 9.91. The molecule has 2 heterocycles. The molecule has 0 aromatic heterocycles. The van der Waals surface area contributed by atoms with Crippen LogP contribution in [0, 0.1) is 0 Å². The number of rotatable bonds is 3. The van der Waals surface area contributed by atoms with Gasteiger partial charge in [-0.2, -0.15) is 0 Å². The highest BCUT2D eigenvalue weighted by Crippen LogP contribution is 2.48. The standard InChI is InChI=1S/C19H17NO6/c1-10(26-11(2)21)20-14-6-4-3-5-12(14)18(19(20)23)13-7-16-17(8-15(13)22)25-9-24-16/h3-8,10,18,22H,9H2,1-2H3. The first kappa shape index (κ1) is 16.3. The zero-order chi connectivity index (χ0) is 18.4. The van der Waals surface area contributed by atoms with Crippen LogP contribution < -0.4 is 14.4 Å². The molecule has 134 valence electrons. The van der Waals surface area contributed by atoms with Crippen molar-refractivity contribution >= 4 is 17.6 Å². The Balaban J connectivity index is 1.81. The van der Waals surface area contributed by atoms with Gasteiger partial charge in [0.15, 0.2) is 17.7 Å². The summed E-state index contributed by atoms with van der Waals surface area (Å²) >= 11 is 0. The first-order valence-electron chi connectivity index (χ1n) is 8.19. The summed E-state index contributed by atoms with van der Waals surface area (Å²) in [7, 11) is 0. The molecule has 0 fully saturated rings. The van der Waals surface area contributed by atoms with Crippen molar-refractivity contribution in [3.8, 4) is 17.2 Å². The van der Waals surface area contributed by atoms with Crippen molar-refractivity contribution in [3.63, 3.8) is 0 Å². The number of phenols is 1. The molecule has 4 rings (SSSR count). The monoisotopic (exact) mass is 355 g/mol. The maximum atomic E-state index is 13.2. The summed E-state index contributed by atoms with van der Waals surface area (Å²) in [5.74, 6) is -0.612. The van der Waals surface area contributed by atoms with E-state index in [1.54, 1.807) is 19.1 Å². The highest BCUT2D eigenvalue weighted by atomic mass is 16.7. The summed E-state index contributed by atoms with van der Waals surface area (Å²) in [6.45, 7) is 3.01. The largest absolute Gasteiger partial charge is 0.507 e. The zero-order valence-corrected chi connectivity index (χ0v) is 14.3. The number of carbonyl (C=O) groups is 2. The molecule has 2 aliphatic rings. The number of nitrogens with zero attached hydrogens (tertiary/aromatic N) is 1. The molecule has 0 spiro atoms. The molecule has 2 unspecified atom stereocenters. The van der Waals surface area contributed by atoms with Crippen molar-refractivity contribution in [2.24, 2.45) is 0 Å². The average Bonchev–Trinajstić information content (AvgIpc) is 3.14. The van der Waals surface area contributed by atoms with Gasteiger partial charge in [-0.25, -0.2) is 0 Å². The fraction of sp³-hybridized carbons (Fsp3) is 0.263. The molecule has 7 heteroatoms. The molecular weight excluding hydrogens is 338 g/mol. The van der Waals surface area contributed by atoms with Crippen LogP contribution in [0.1, 0.15) is 30.9 Å². The average molecular weight is 355 g/mol. The number of anilines is 1. The van der Waals surface area contributed by atoms with E-state index in [-0.39, 0.29) is 18.4 Å². The smallest absolute Gasteiger partial charge is 0.304 e. The normalized spacial score (nSPS) is 18.6. The molecule has 0 bridgehead atoms. The van der Waals surface area contributed by atoms with E-state index in [1.165, 1.54) is 17.9 Å². The van der Waals surface area contributed by atoms with Gasteiger partial charge >= 0.3 is 5.97 Å². The third-order valence-electron chi connectivity index (χ3n) is 4.52. The molecule has 7 nitrogen and oxygen atoms in total. The number of fused-ring (bicyclic) bond motifs is 2. The number of phenolic OH excluding ortho intramolecular Hbond substituents is 1. The van der Waals surface area contributed by atoms with Gasteiger partial charge < -0.3 is 19.3 Å². The number of para-hydroxylation sites is 1. The fourth-order valence-corrected chi connectivity index (χ4v) is 3.49. The molecule has 0 radical (unpaired) electrons. The highest BCUT2D eigenvalue weighted by molar-refractivity contribution is 6.07. The Bertz CT molecular complexity index is 909. The fourth-order valence-electron chi connectivity index (χ4n) is 3.49. The number of ether oxygens (including phenoxy) is 3. The van der Waals surface area contributed by atoms with Crippen molar-refractivity contribution in [1.82, 2.24) is 0 Å². The summed E-state index contributed by atoms with van der Waals surface area (Å²) in [4.78, 5) is 26.0. The summed E-state index contributed by atoms with van der Waals surface area (Å²) in [6.07, 6.45) is -0.762. The van der Waals surface area contributed by atoms with Crippen LogP contribution in [0.3, 0.4) is 0 Å². The second-order valence-electron chi connectivity index (χ2n) is 6.17. The number of aromatic hydroxyl groups is 1. The lowest BCUT2D eigenvalue weighted by Gasteiger charge is -2.25. The maximum Gasteiger partial charge on any atom is 0.304 e. The van der Waals surface area contributed by atoms with E-state index in [0.29, 0.717) is 22.7 Å². The van der Waals surface area contributed by atoms with Crippen LogP contribution in [0.25, 0.3) is 0 Å². The Morgan fingerprint density at radius 1 is 1.23 bits per heavy atom. The zero-order valence-electron chi connectivity index (χ0n) is 14.3. The first-order valence-corrected chi connectivity index (χ1v) is 8.19. The van der Waals surface area contributed by atoms with Gasteiger partial charge in [-0.1, -0.05) is 18.2 Å². The molecule has 2 aromatic rings. The van der Waals surface area contributed by atoms with Crippen LogP contribution in [0.15, 0.2) is 36.4 Å². The number of benzene rings is 2. The Morgan fingerprint density at radius 3 is 2.65 bits per heavy atom. The molecule has 0 aliphatic carbocycles. The van der Waals surface area contributed by atoms with Gasteiger partial charge in [0.2, 0.25) is 12.7 Å². The Kier molecular flexibility index (Phi) is 3.72. The Hall–Kier alpha value is -3.22. The van der Waals surface area contributed by atoms with Crippen molar-refractivity contribution in [1.29, 1.82) is 0 Å². The van der Waals surface area contributed by atoms with Gasteiger partial charge in [-0.05, 0) is 24.6 Å². The SMILES string of the molecule is CC(=O)OC(C)N1C(=O)C(c2cc3c(cc2O)OCO3)c2ccccc21. The molecule has 1 N–H and O–H groups in total. The number of esters is 1. The van der Waals surface area contributed by atoms with Gasteiger partial charge in [-0.15, -0.1) is 0 Å². The van der Waals surface area contributed by atoms with E-state index in [9.17, 15) is 14.7 Å². The second kappa shape index (κ2) is 5.94. The molecule has 1 amide bonds. The van der Waals surface area contributed by atoms with Crippen molar-refractivity contribution in [3.05, 3.63) is 47.5 Å². The van der Waals surface area contributed by atoms with E-state index >= 15 is 0 Å². The van der Waals surface area contributed by atoms with Crippen LogP contribution >= 0.6 is 0 Å². The summed E-state index contributed by atoms with van der Waals surface area (Å²) in [5, 5.41) is 10.5.